The van der Waals surface area contributed by atoms with E-state index in [0.29, 0.717) is 0 Å². The topological polar surface area (TPSA) is 77.3 Å². The van der Waals surface area contributed by atoms with E-state index in [0.717, 1.165) is 5.56 Å². The zero-order valence-electron chi connectivity index (χ0n) is 15.3. The highest BCUT2D eigenvalue weighted by Crippen LogP contribution is 2.60. The third-order valence-electron chi connectivity index (χ3n) is 5.03. The molecule has 3 atom stereocenters. The van der Waals surface area contributed by atoms with E-state index in [1.165, 1.54) is 23.8 Å². The van der Waals surface area contributed by atoms with E-state index in [-0.39, 0.29) is 13.0 Å². The van der Waals surface area contributed by atoms with Gasteiger partial charge in [-0.05, 0) is 19.4 Å². The molecule has 142 valence electrons. The van der Waals surface area contributed by atoms with Crippen molar-refractivity contribution in [1.82, 2.24) is 4.90 Å². The van der Waals surface area contributed by atoms with Crippen LogP contribution < -0.4 is 0 Å². The average Bonchev–Trinajstić information content (AvgIpc) is 2.89. The van der Waals surface area contributed by atoms with Gasteiger partial charge >= 0.3 is 17.6 Å². The van der Waals surface area contributed by atoms with Gasteiger partial charge in [-0.2, -0.15) is 0 Å². The van der Waals surface area contributed by atoms with Gasteiger partial charge in [-0.1, -0.05) is 30.3 Å². The van der Waals surface area contributed by atoms with Gasteiger partial charge in [-0.3, -0.25) is 14.4 Å². The molecule has 0 radical (unpaired) electrons. The predicted octanol–water partition coefficient (Wildman–Crippen LogP) is 2.22. The molecule has 0 N–H and O–H groups in total. The van der Waals surface area contributed by atoms with Crippen molar-refractivity contribution in [2.75, 3.05) is 7.11 Å². The second-order valence-corrected chi connectivity index (χ2v) is 8.70. The fraction of sp³-hybridized carbons (Fsp3) is 0.474. The van der Waals surface area contributed by atoms with Crippen molar-refractivity contribution in [3.05, 3.63) is 47.3 Å². The summed E-state index contributed by atoms with van der Waals surface area (Å²) >= 11 is 1.35. The van der Waals surface area contributed by atoms with E-state index in [9.17, 15) is 14.4 Å². The number of carbonyl (C=O) groups excluding carboxylic acids is 3. The van der Waals surface area contributed by atoms with Crippen molar-refractivity contribution >= 4 is 29.6 Å². The highest BCUT2D eigenvalue weighted by Gasteiger charge is 2.79. The summed E-state index contributed by atoms with van der Waals surface area (Å²) in [5.41, 5.74) is -0.953. The maximum absolute atomic E-state index is 13.0. The first-order valence-corrected chi connectivity index (χ1v) is 9.34. The Kier molecular flexibility index (Phi) is 4.91. The SMILES string of the molecule is [C-]#[N+][C@@]1(C(=O)OCc2ccccc2)N2C(=O)[C@H](CC(=O)OC)[C@H]2SC1(C)C. The number of hydrogen-bond acceptors (Lipinski definition) is 6. The molecule has 0 bridgehead atoms. The number of hydrogen-bond donors (Lipinski definition) is 0. The molecule has 0 spiro atoms. The van der Waals surface area contributed by atoms with Crippen LogP contribution in [0.4, 0.5) is 0 Å². The maximum atomic E-state index is 13.0. The van der Waals surface area contributed by atoms with Gasteiger partial charge in [0.1, 0.15) is 11.4 Å². The molecule has 2 heterocycles. The number of nitrogens with zero attached hydrogens (tertiary/aromatic N) is 2. The summed E-state index contributed by atoms with van der Waals surface area (Å²) in [5.74, 6) is -2.21. The molecule has 3 rings (SSSR count). The lowest BCUT2D eigenvalue weighted by atomic mass is 9.85. The Labute approximate surface area is 161 Å². The molecule has 1 amide bonds. The minimum Gasteiger partial charge on any atom is -0.469 e. The largest absolute Gasteiger partial charge is 0.469 e. The number of β-lactam (4-membered cyclic amide) rings is 1. The van der Waals surface area contributed by atoms with Gasteiger partial charge < -0.3 is 9.47 Å². The summed E-state index contributed by atoms with van der Waals surface area (Å²) in [4.78, 5) is 42.1. The average molecular weight is 388 g/mol. The quantitative estimate of drug-likeness (QED) is 0.437. The summed E-state index contributed by atoms with van der Waals surface area (Å²) in [6.07, 6.45) is -0.0628. The van der Waals surface area contributed by atoms with Gasteiger partial charge in [0.05, 0.1) is 24.8 Å². The van der Waals surface area contributed by atoms with Crippen LogP contribution in [0.1, 0.15) is 25.8 Å². The molecule has 1 aromatic rings. The smallest absolute Gasteiger partial charge is 0.421 e. The molecule has 2 fully saturated rings. The normalized spacial score (nSPS) is 27.9. The molecule has 0 aliphatic carbocycles. The van der Waals surface area contributed by atoms with Gasteiger partial charge in [0, 0.05) is 0 Å². The predicted molar refractivity (Wildman–Crippen MR) is 98.0 cm³/mol. The van der Waals surface area contributed by atoms with Crippen LogP contribution in [-0.2, 0) is 30.5 Å². The number of ether oxygens (including phenoxy) is 2. The number of fused-ring (bicyclic) bond motifs is 1. The molecule has 2 aliphatic heterocycles. The fourth-order valence-corrected chi connectivity index (χ4v) is 5.26. The fourth-order valence-electron chi connectivity index (χ4n) is 3.53. The van der Waals surface area contributed by atoms with Gasteiger partial charge in [0.25, 0.3) is 0 Å². The van der Waals surface area contributed by atoms with Crippen molar-refractivity contribution in [2.45, 2.75) is 42.7 Å². The Morgan fingerprint density at radius 2 is 1.96 bits per heavy atom. The first-order chi connectivity index (χ1) is 12.8. The number of benzene rings is 1. The number of carbonyl (C=O) groups is 3. The van der Waals surface area contributed by atoms with Crippen LogP contribution in [0.3, 0.4) is 0 Å². The van der Waals surface area contributed by atoms with Crippen LogP contribution in [0.2, 0.25) is 0 Å². The third-order valence-corrected chi connectivity index (χ3v) is 6.69. The summed E-state index contributed by atoms with van der Waals surface area (Å²) in [5, 5.41) is -0.426. The lowest BCUT2D eigenvalue weighted by Gasteiger charge is -2.43. The molecule has 0 aromatic heterocycles. The van der Waals surface area contributed by atoms with E-state index in [1.807, 2.05) is 30.3 Å². The van der Waals surface area contributed by atoms with Crippen molar-refractivity contribution in [1.29, 1.82) is 0 Å². The lowest BCUT2D eigenvalue weighted by molar-refractivity contribution is -0.176. The van der Waals surface area contributed by atoms with Crippen molar-refractivity contribution < 1.29 is 23.9 Å². The van der Waals surface area contributed by atoms with Crippen LogP contribution in [0.25, 0.3) is 4.85 Å². The standard InChI is InChI=1S/C19H20N2O5S/c1-18(2)19(20-3,17(24)26-11-12-8-6-5-7-9-12)21-15(23)13(16(21)27-18)10-14(22)25-4/h5-9,13,16H,10-11H2,1-2,4H3/t13-,16+,19-/m0/s1. The molecule has 2 aliphatic rings. The molecule has 0 saturated carbocycles. The zero-order valence-corrected chi connectivity index (χ0v) is 16.1. The van der Waals surface area contributed by atoms with Gasteiger partial charge in [-0.15, -0.1) is 11.8 Å². The number of amides is 1. The number of thioether (sulfide) groups is 1. The summed E-state index contributed by atoms with van der Waals surface area (Å²) in [6, 6.07) is 9.14. The van der Waals surface area contributed by atoms with Gasteiger partial charge in [0.2, 0.25) is 5.91 Å². The Morgan fingerprint density at radius 1 is 1.30 bits per heavy atom. The Balaban J connectivity index is 1.83. The van der Waals surface area contributed by atoms with Crippen molar-refractivity contribution in [2.24, 2.45) is 5.92 Å². The van der Waals surface area contributed by atoms with Crippen molar-refractivity contribution in [3.63, 3.8) is 0 Å². The highest BCUT2D eigenvalue weighted by atomic mass is 32.2. The van der Waals surface area contributed by atoms with E-state index in [2.05, 4.69) is 9.58 Å². The molecule has 0 unspecified atom stereocenters. The first-order valence-electron chi connectivity index (χ1n) is 8.46. The highest BCUT2D eigenvalue weighted by molar-refractivity contribution is 8.01. The zero-order chi connectivity index (χ0) is 19.8. The maximum Gasteiger partial charge on any atom is 0.421 e. The molecule has 2 saturated heterocycles. The number of methoxy groups -OCH3 is 1. The molecule has 27 heavy (non-hydrogen) atoms. The summed E-state index contributed by atoms with van der Waals surface area (Å²) in [6.45, 7) is 11.3. The van der Waals surface area contributed by atoms with Crippen LogP contribution in [0, 0.1) is 12.5 Å². The second kappa shape index (κ2) is 6.89. The molecular weight excluding hydrogens is 368 g/mol. The summed E-state index contributed by atoms with van der Waals surface area (Å²) < 4.78 is 9.20. The van der Waals surface area contributed by atoms with E-state index < -0.39 is 39.5 Å². The van der Waals surface area contributed by atoms with Crippen LogP contribution >= 0.6 is 11.8 Å². The number of rotatable bonds is 5. The van der Waals surface area contributed by atoms with Gasteiger partial charge in [-0.25, -0.2) is 16.3 Å². The minimum absolute atomic E-state index is 0.0238. The molecular formula is C19H20N2O5S. The number of esters is 2. The Hall–Kier alpha value is -2.53. The first kappa shape index (κ1) is 19.2. The Bertz CT molecular complexity index is 819. The van der Waals surface area contributed by atoms with E-state index >= 15 is 0 Å². The van der Waals surface area contributed by atoms with Gasteiger partial charge in [0.15, 0.2) is 0 Å². The summed E-state index contributed by atoms with van der Waals surface area (Å²) in [7, 11) is 1.26. The van der Waals surface area contributed by atoms with Crippen LogP contribution in [0.5, 0.6) is 0 Å². The molecule has 1 aromatic carbocycles. The second-order valence-electron chi connectivity index (χ2n) is 6.96. The lowest BCUT2D eigenvalue weighted by Crippen LogP contribution is -2.69. The van der Waals surface area contributed by atoms with E-state index in [1.54, 1.807) is 13.8 Å². The minimum atomic E-state index is -1.75. The monoisotopic (exact) mass is 388 g/mol. The Morgan fingerprint density at radius 3 is 2.56 bits per heavy atom. The van der Waals surface area contributed by atoms with E-state index in [4.69, 9.17) is 11.3 Å². The van der Waals surface area contributed by atoms with Crippen LogP contribution in [-0.4, -0.2) is 45.6 Å². The molecule has 8 heteroatoms. The van der Waals surface area contributed by atoms with Crippen LogP contribution in [0.15, 0.2) is 30.3 Å². The molecule has 7 nitrogen and oxygen atoms in total. The third kappa shape index (κ3) is 2.86. The van der Waals surface area contributed by atoms with Crippen molar-refractivity contribution in [3.8, 4) is 0 Å².